The van der Waals surface area contributed by atoms with Crippen LogP contribution in [0.15, 0.2) is 71.6 Å². The number of carbonyl (C=O) groups excluding carboxylic acids is 2. The molecule has 1 unspecified atom stereocenters. The van der Waals surface area contributed by atoms with E-state index in [4.69, 9.17) is 9.47 Å². The molecule has 0 aliphatic carbocycles. The zero-order chi connectivity index (χ0) is 23.5. The molecule has 1 aromatic heterocycles. The van der Waals surface area contributed by atoms with Crippen molar-refractivity contribution >= 4 is 28.8 Å². The van der Waals surface area contributed by atoms with Gasteiger partial charge >= 0.3 is 0 Å². The molecule has 1 N–H and O–H groups in total. The molecule has 6 nitrogen and oxygen atoms in total. The summed E-state index contributed by atoms with van der Waals surface area (Å²) in [5, 5.41) is 13.0. The number of nitrogens with zero attached hydrogens (tertiary/aromatic N) is 1. The first-order valence-electron chi connectivity index (χ1n) is 10.6. The summed E-state index contributed by atoms with van der Waals surface area (Å²) in [5.74, 6) is -0.149. The summed E-state index contributed by atoms with van der Waals surface area (Å²) >= 11 is 1.44. The number of rotatable bonds is 7. The van der Waals surface area contributed by atoms with Gasteiger partial charge in [-0.2, -0.15) is 0 Å². The third-order valence-electron chi connectivity index (χ3n) is 5.36. The van der Waals surface area contributed by atoms with Gasteiger partial charge in [0.15, 0.2) is 0 Å². The van der Waals surface area contributed by atoms with Crippen molar-refractivity contribution in [2.45, 2.75) is 32.5 Å². The van der Waals surface area contributed by atoms with E-state index in [-0.39, 0.29) is 24.0 Å². The van der Waals surface area contributed by atoms with E-state index in [0.717, 1.165) is 10.4 Å². The molecule has 4 rings (SSSR count). The Balaban J connectivity index is 1.73. The quantitative estimate of drug-likeness (QED) is 0.297. The van der Waals surface area contributed by atoms with Crippen molar-refractivity contribution in [1.82, 2.24) is 4.90 Å². The molecular weight excluding hydrogens is 438 g/mol. The standard InChI is InChI=1S/C26H25NO5S/c1-16(2)32-20-12-8-18(9-13-20)24(28)22-23(21-5-4-14-33-21)27(26(30)25(22)29)15-17-6-10-19(31-3)11-7-17/h4-14,16,23,28H,15H2,1-3H3/b24-22-. The van der Waals surface area contributed by atoms with Gasteiger partial charge in [-0.1, -0.05) is 18.2 Å². The SMILES string of the molecule is COc1ccc(CN2C(=O)C(=O)/C(=C(\O)c3ccc(OC(C)C)cc3)C2c2cccs2)cc1. The fourth-order valence-electron chi connectivity index (χ4n) is 3.83. The van der Waals surface area contributed by atoms with Gasteiger partial charge in [0.05, 0.1) is 24.8 Å². The fraction of sp³-hybridized carbons (Fsp3) is 0.231. The molecule has 1 amide bonds. The van der Waals surface area contributed by atoms with Crippen LogP contribution in [0.5, 0.6) is 11.5 Å². The van der Waals surface area contributed by atoms with Crippen molar-refractivity contribution in [2.24, 2.45) is 0 Å². The molecule has 170 valence electrons. The Hall–Kier alpha value is -3.58. The first-order valence-corrected chi connectivity index (χ1v) is 11.5. The largest absolute Gasteiger partial charge is 0.507 e. The lowest BCUT2D eigenvalue weighted by molar-refractivity contribution is -0.140. The molecule has 1 aliphatic rings. The van der Waals surface area contributed by atoms with Gasteiger partial charge in [-0.15, -0.1) is 11.3 Å². The normalized spacial score (nSPS) is 17.6. The highest BCUT2D eigenvalue weighted by atomic mass is 32.1. The van der Waals surface area contributed by atoms with E-state index in [1.165, 1.54) is 16.2 Å². The van der Waals surface area contributed by atoms with Crippen LogP contribution >= 0.6 is 11.3 Å². The predicted molar refractivity (Wildman–Crippen MR) is 127 cm³/mol. The van der Waals surface area contributed by atoms with Gasteiger partial charge in [0.25, 0.3) is 11.7 Å². The van der Waals surface area contributed by atoms with E-state index in [1.807, 2.05) is 55.6 Å². The van der Waals surface area contributed by atoms with E-state index in [2.05, 4.69) is 0 Å². The molecule has 33 heavy (non-hydrogen) atoms. The van der Waals surface area contributed by atoms with E-state index in [1.54, 1.807) is 31.4 Å². The number of likely N-dealkylation sites (tertiary alicyclic amines) is 1. The van der Waals surface area contributed by atoms with Crippen LogP contribution < -0.4 is 9.47 Å². The summed E-state index contributed by atoms with van der Waals surface area (Å²) in [6, 6.07) is 17.3. The molecule has 2 heterocycles. The van der Waals surface area contributed by atoms with Crippen LogP contribution in [-0.2, 0) is 16.1 Å². The molecule has 0 radical (unpaired) electrons. The highest BCUT2D eigenvalue weighted by Crippen LogP contribution is 2.42. The summed E-state index contributed by atoms with van der Waals surface area (Å²) in [6.07, 6.45) is 0.0200. The third-order valence-corrected chi connectivity index (χ3v) is 6.29. The number of methoxy groups -OCH3 is 1. The Kier molecular flexibility index (Phi) is 6.51. The fourth-order valence-corrected chi connectivity index (χ4v) is 4.68. The molecule has 3 aromatic rings. The van der Waals surface area contributed by atoms with E-state index in [0.29, 0.717) is 17.1 Å². The number of ether oxygens (including phenoxy) is 2. The second-order valence-corrected chi connectivity index (χ2v) is 8.96. The maximum Gasteiger partial charge on any atom is 0.295 e. The number of benzene rings is 2. The van der Waals surface area contributed by atoms with Crippen molar-refractivity contribution in [2.75, 3.05) is 7.11 Å². The Bertz CT molecular complexity index is 1160. The van der Waals surface area contributed by atoms with Crippen LogP contribution in [-0.4, -0.2) is 34.9 Å². The summed E-state index contributed by atoms with van der Waals surface area (Å²) < 4.78 is 10.9. The second kappa shape index (κ2) is 9.50. The summed E-state index contributed by atoms with van der Waals surface area (Å²) in [7, 11) is 1.59. The predicted octanol–water partition coefficient (Wildman–Crippen LogP) is 5.17. The van der Waals surface area contributed by atoms with Gasteiger partial charge in [0.1, 0.15) is 17.3 Å². The van der Waals surface area contributed by atoms with Crippen molar-refractivity contribution in [3.05, 3.63) is 87.6 Å². The monoisotopic (exact) mass is 463 g/mol. The maximum atomic E-state index is 13.1. The second-order valence-electron chi connectivity index (χ2n) is 7.98. The van der Waals surface area contributed by atoms with Gasteiger partial charge in [-0.3, -0.25) is 9.59 Å². The van der Waals surface area contributed by atoms with Gasteiger partial charge in [-0.05, 0) is 67.3 Å². The minimum Gasteiger partial charge on any atom is -0.507 e. The zero-order valence-corrected chi connectivity index (χ0v) is 19.5. The van der Waals surface area contributed by atoms with Crippen molar-refractivity contribution < 1.29 is 24.2 Å². The minimum atomic E-state index is -0.693. The third kappa shape index (κ3) is 4.64. The maximum absolute atomic E-state index is 13.1. The number of aliphatic hydroxyl groups excluding tert-OH is 1. The molecule has 0 bridgehead atoms. The van der Waals surface area contributed by atoms with E-state index < -0.39 is 17.7 Å². The number of hydrogen-bond donors (Lipinski definition) is 1. The first kappa shape index (κ1) is 22.6. The molecule has 0 saturated carbocycles. The minimum absolute atomic E-state index is 0.0200. The molecule has 2 aromatic carbocycles. The van der Waals surface area contributed by atoms with Gasteiger partial charge < -0.3 is 19.5 Å². The van der Waals surface area contributed by atoms with Crippen LogP contribution in [0, 0.1) is 0 Å². The molecule has 1 atom stereocenters. The number of thiophene rings is 1. The van der Waals surface area contributed by atoms with Crippen LogP contribution in [0.25, 0.3) is 5.76 Å². The zero-order valence-electron chi connectivity index (χ0n) is 18.6. The molecule has 1 fully saturated rings. The topological polar surface area (TPSA) is 76.1 Å². The summed E-state index contributed by atoms with van der Waals surface area (Å²) in [4.78, 5) is 28.5. The average Bonchev–Trinajstić information content (AvgIpc) is 3.42. The molecule has 1 saturated heterocycles. The highest BCUT2D eigenvalue weighted by Gasteiger charge is 2.46. The molecule has 0 spiro atoms. The number of ketones is 1. The van der Waals surface area contributed by atoms with Gasteiger partial charge in [0.2, 0.25) is 0 Å². The summed E-state index contributed by atoms with van der Waals surface area (Å²) in [6.45, 7) is 4.09. The number of hydrogen-bond acceptors (Lipinski definition) is 6. The van der Waals surface area contributed by atoms with Crippen molar-refractivity contribution in [3.63, 3.8) is 0 Å². The van der Waals surface area contributed by atoms with Gasteiger partial charge in [-0.25, -0.2) is 0 Å². The lowest BCUT2D eigenvalue weighted by Gasteiger charge is -2.24. The number of aliphatic hydroxyl groups is 1. The van der Waals surface area contributed by atoms with Crippen LogP contribution in [0.1, 0.15) is 35.9 Å². The molecule has 7 heteroatoms. The van der Waals surface area contributed by atoms with E-state index >= 15 is 0 Å². The lowest BCUT2D eigenvalue weighted by Crippen LogP contribution is -2.28. The molecular formula is C26H25NO5S. The van der Waals surface area contributed by atoms with Crippen LogP contribution in [0.4, 0.5) is 0 Å². The molecule has 1 aliphatic heterocycles. The Morgan fingerprint density at radius 2 is 1.70 bits per heavy atom. The highest BCUT2D eigenvalue weighted by molar-refractivity contribution is 7.10. The number of carbonyl (C=O) groups is 2. The van der Waals surface area contributed by atoms with Crippen molar-refractivity contribution in [3.8, 4) is 11.5 Å². The number of Topliss-reactive ketones (excluding diaryl/α,β-unsaturated/α-hetero) is 1. The Morgan fingerprint density at radius 1 is 1.03 bits per heavy atom. The lowest BCUT2D eigenvalue weighted by atomic mass is 9.99. The number of amides is 1. The first-order chi connectivity index (χ1) is 15.9. The Labute approximate surface area is 196 Å². The Morgan fingerprint density at radius 3 is 2.27 bits per heavy atom. The van der Waals surface area contributed by atoms with Crippen LogP contribution in [0.2, 0.25) is 0 Å². The summed E-state index contributed by atoms with van der Waals surface area (Å²) in [5.41, 5.74) is 1.40. The average molecular weight is 464 g/mol. The van der Waals surface area contributed by atoms with E-state index in [9.17, 15) is 14.7 Å². The smallest absolute Gasteiger partial charge is 0.295 e. The van der Waals surface area contributed by atoms with Crippen molar-refractivity contribution in [1.29, 1.82) is 0 Å². The van der Waals surface area contributed by atoms with Crippen LogP contribution in [0.3, 0.4) is 0 Å². The van der Waals surface area contributed by atoms with Gasteiger partial charge in [0, 0.05) is 17.0 Å².